The molecular weight excluding hydrogens is 390 g/mol. The lowest BCUT2D eigenvalue weighted by Crippen LogP contribution is -2.48. The predicted octanol–water partition coefficient (Wildman–Crippen LogP) is 2.98. The Morgan fingerprint density at radius 3 is 2.77 bits per heavy atom. The summed E-state index contributed by atoms with van der Waals surface area (Å²) in [6, 6.07) is 8.71. The molecule has 31 heavy (non-hydrogen) atoms. The van der Waals surface area contributed by atoms with Gasteiger partial charge in [-0.1, -0.05) is 30.4 Å². The summed E-state index contributed by atoms with van der Waals surface area (Å²) < 4.78 is 6.08. The van der Waals surface area contributed by atoms with Gasteiger partial charge in [0.05, 0.1) is 6.54 Å². The van der Waals surface area contributed by atoms with Crippen LogP contribution in [0, 0.1) is 11.8 Å². The fraction of sp³-hybridized carbons (Fsp3) is 0.600. The fourth-order valence-electron chi connectivity index (χ4n) is 4.54. The Kier molecular flexibility index (Phi) is 6.96. The summed E-state index contributed by atoms with van der Waals surface area (Å²) in [4.78, 5) is 29.8. The molecule has 2 amide bonds. The number of carbonyl (C=O) groups excluding carboxylic acids is 2. The van der Waals surface area contributed by atoms with Crippen LogP contribution < -0.4 is 10.1 Å². The molecule has 6 heteroatoms. The second-order valence-corrected chi connectivity index (χ2v) is 9.44. The van der Waals surface area contributed by atoms with Crippen molar-refractivity contribution in [1.82, 2.24) is 15.1 Å². The maximum absolute atomic E-state index is 13.2. The number of rotatable bonds is 4. The molecule has 2 atom stereocenters. The second kappa shape index (κ2) is 9.86. The van der Waals surface area contributed by atoms with E-state index in [1.165, 1.54) is 0 Å². The van der Waals surface area contributed by atoms with E-state index in [2.05, 4.69) is 42.3 Å². The van der Waals surface area contributed by atoms with Crippen LogP contribution in [0.1, 0.15) is 45.1 Å². The average Bonchev–Trinajstić information content (AvgIpc) is 3.55. The van der Waals surface area contributed by atoms with Crippen molar-refractivity contribution < 1.29 is 14.3 Å². The van der Waals surface area contributed by atoms with Gasteiger partial charge in [-0.2, -0.15) is 0 Å². The maximum atomic E-state index is 13.2. The molecule has 3 aliphatic rings. The highest BCUT2D eigenvalue weighted by Crippen LogP contribution is 2.30. The summed E-state index contributed by atoms with van der Waals surface area (Å²) in [7, 11) is 0. The molecule has 0 radical (unpaired) electrons. The first-order valence-electron chi connectivity index (χ1n) is 11.7. The van der Waals surface area contributed by atoms with Crippen molar-refractivity contribution in [3.05, 3.63) is 42.0 Å². The van der Waals surface area contributed by atoms with E-state index in [0.717, 1.165) is 37.1 Å². The smallest absolute Gasteiger partial charge is 0.236 e. The number of amides is 2. The van der Waals surface area contributed by atoms with Crippen molar-refractivity contribution in [3.63, 3.8) is 0 Å². The summed E-state index contributed by atoms with van der Waals surface area (Å²) in [5.41, 5.74) is 1.10. The first-order chi connectivity index (χ1) is 15.0. The number of benzene rings is 1. The first-order valence-corrected chi connectivity index (χ1v) is 11.7. The minimum absolute atomic E-state index is 0.153. The number of para-hydroxylation sites is 1. The number of nitrogens with zero attached hydrogens (tertiary/aromatic N) is 2. The van der Waals surface area contributed by atoms with E-state index >= 15 is 0 Å². The summed E-state index contributed by atoms with van der Waals surface area (Å²) in [5.74, 6) is 1.63. The third kappa shape index (κ3) is 5.88. The van der Waals surface area contributed by atoms with Crippen LogP contribution in [0.2, 0.25) is 0 Å². The number of hydrogen-bond donors (Lipinski definition) is 1. The first kappa shape index (κ1) is 21.9. The number of nitrogens with one attached hydrogen (secondary N) is 1. The molecule has 0 unspecified atom stereocenters. The van der Waals surface area contributed by atoms with Gasteiger partial charge in [0.25, 0.3) is 0 Å². The van der Waals surface area contributed by atoms with E-state index < -0.39 is 0 Å². The van der Waals surface area contributed by atoms with Crippen LogP contribution in [-0.4, -0.2) is 59.9 Å². The minimum atomic E-state index is 0.153. The van der Waals surface area contributed by atoms with E-state index in [9.17, 15) is 9.59 Å². The molecule has 2 heterocycles. The summed E-state index contributed by atoms with van der Waals surface area (Å²) in [6.07, 6.45) is 7.83. The number of fused-ring (bicyclic) bond motifs is 3. The topological polar surface area (TPSA) is 61.9 Å². The van der Waals surface area contributed by atoms with Crippen molar-refractivity contribution in [2.75, 3.05) is 26.2 Å². The Morgan fingerprint density at radius 2 is 2.00 bits per heavy atom. The molecule has 168 valence electrons. The Bertz CT molecular complexity index is 818. The second-order valence-electron chi connectivity index (χ2n) is 9.44. The molecule has 1 aromatic carbocycles. The summed E-state index contributed by atoms with van der Waals surface area (Å²) >= 11 is 0. The van der Waals surface area contributed by atoms with Gasteiger partial charge in [0.2, 0.25) is 11.8 Å². The summed E-state index contributed by atoms with van der Waals surface area (Å²) in [6.45, 7) is 7.23. The predicted molar refractivity (Wildman–Crippen MR) is 121 cm³/mol. The molecule has 1 aliphatic carbocycles. The van der Waals surface area contributed by atoms with Gasteiger partial charge in [0.15, 0.2) is 0 Å². The van der Waals surface area contributed by atoms with Crippen molar-refractivity contribution in [2.24, 2.45) is 11.8 Å². The Hall–Kier alpha value is -2.34. The van der Waals surface area contributed by atoms with Gasteiger partial charge in [-0.3, -0.25) is 14.5 Å². The zero-order valence-corrected chi connectivity index (χ0v) is 18.8. The Labute approximate surface area is 185 Å². The monoisotopic (exact) mass is 425 g/mol. The molecule has 1 saturated heterocycles. The van der Waals surface area contributed by atoms with E-state index in [1.807, 2.05) is 23.1 Å². The molecular formula is C25H35N3O3. The molecule has 0 aromatic heterocycles. The lowest BCUT2D eigenvalue weighted by atomic mass is 9.82. The van der Waals surface area contributed by atoms with Gasteiger partial charge in [0.1, 0.15) is 12.4 Å². The highest BCUT2D eigenvalue weighted by molar-refractivity contribution is 5.79. The van der Waals surface area contributed by atoms with Crippen molar-refractivity contribution in [1.29, 1.82) is 0 Å². The molecule has 1 aromatic rings. The van der Waals surface area contributed by atoms with Crippen LogP contribution in [0.3, 0.4) is 0 Å². The van der Waals surface area contributed by atoms with Crippen LogP contribution in [-0.2, 0) is 16.1 Å². The van der Waals surface area contributed by atoms with Crippen LogP contribution in [0.25, 0.3) is 0 Å². The van der Waals surface area contributed by atoms with E-state index in [4.69, 9.17) is 4.74 Å². The molecule has 1 saturated carbocycles. The van der Waals surface area contributed by atoms with Crippen molar-refractivity contribution >= 4 is 11.8 Å². The zero-order valence-electron chi connectivity index (χ0n) is 18.8. The van der Waals surface area contributed by atoms with Crippen molar-refractivity contribution in [2.45, 2.75) is 58.2 Å². The molecule has 0 spiro atoms. The molecule has 6 nitrogen and oxygen atoms in total. The van der Waals surface area contributed by atoms with Crippen molar-refractivity contribution in [3.8, 4) is 5.75 Å². The Balaban J connectivity index is 1.52. The average molecular weight is 426 g/mol. The molecule has 1 N–H and O–H groups in total. The highest BCUT2D eigenvalue weighted by Gasteiger charge is 2.33. The van der Waals surface area contributed by atoms with Crippen LogP contribution in [0.15, 0.2) is 36.4 Å². The van der Waals surface area contributed by atoms with E-state index in [1.54, 1.807) is 0 Å². The number of ether oxygens (including phenoxy) is 1. The largest absolute Gasteiger partial charge is 0.489 e. The van der Waals surface area contributed by atoms with Gasteiger partial charge in [0, 0.05) is 43.7 Å². The maximum Gasteiger partial charge on any atom is 0.236 e. The molecule has 2 bridgehead atoms. The lowest BCUT2D eigenvalue weighted by Gasteiger charge is -2.38. The van der Waals surface area contributed by atoms with Crippen LogP contribution in [0.5, 0.6) is 5.75 Å². The highest BCUT2D eigenvalue weighted by atomic mass is 16.5. The number of hydrogen-bond acceptors (Lipinski definition) is 4. The van der Waals surface area contributed by atoms with Crippen LogP contribution >= 0.6 is 0 Å². The third-order valence-corrected chi connectivity index (χ3v) is 6.68. The Morgan fingerprint density at radius 1 is 1.19 bits per heavy atom. The normalized spacial score (nSPS) is 25.1. The lowest BCUT2D eigenvalue weighted by molar-refractivity contribution is -0.135. The van der Waals surface area contributed by atoms with E-state index in [-0.39, 0.29) is 29.7 Å². The van der Waals surface area contributed by atoms with Gasteiger partial charge >= 0.3 is 0 Å². The quantitative estimate of drug-likeness (QED) is 0.754. The minimum Gasteiger partial charge on any atom is -0.489 e. The SMILES string of the molecule is CC(C)N1CC(=O)N2CC[C@@H](CC(=O)NC3CC3)[C@@H](C=CCOc3ccccc3C1)C2. The fourth-order valence-corrected chi connectivity index (χ4v) is 4.54. The van der Waals surface area contributed by atoms with Crippen LogP contribution in [0.4, 0.5) is 0 Å². The van der Waals surface area contributed by atoms with Gasteiger partial charge in [-0.25, -0.2) is 0 Å². The third-order valence-electron chi connectivity index (χ3n) is 6.68. The van der Waals surface area contributed by atoms with Gasteiger partial charge in [-0.15, -0.1) is 0 Å². The molecule has 2 fully saturated rings. The summed E-state index contributed by atoms with van der Waals surface area (Å²) in [5, 5.41) is 3.11. The van der Waals surface area contributed by atoms with E-state index in [0.29, 0.717) is 38.7 Å². The van der Waals surface area contributed by atoms with Gasteiger partial charge in [-0.05, 0) is 51.0 Å². The zero-order chi connectivity index (χ0) is 21.8. The standard InChI is InChI=1S/C25H35N3O3/c1-18(2)28-16-21-6-3-4-8-23(21)31-13-5-7-20-15-27(25(30)17-28)12-11-19(20)14-24(29)26-22-9-10-22/h3-8,18-20,22H,9-17H2,1-2H3,(H,26,29)/t19-,20-/m0/s1. The molecule has 2 aliphatic heterocycles. The number of piperidine rings is 1. The number of carbonyl (C=O) groups is 2. The van der Waals surface area contributed by atoms with Gasteiger partial charge < -0.3 is 15.0 Å². The molecule has 4 rings (SSSR count).